The van der Waals surface area contributed by atoms with E-state index >= 15 is 0 Å². The van der Waals surface area contributed by atoms with Crippen LogP contribution >= 0.6 is 12.2 Å². The van der Waals surface area contributed by atoms with E-state index in [1.807, 2.05) is 7.05 Å². The number of nitrogens with zero attached hydrogens (tertiary/aromatic N) is 1. The van der Waals surface area contributed by atoms with Gasteiger partial charge >= 0.3 is 0 Å². The van der Waals surface area contributed by atoms with Crippen LogP contribution in [-0.4, -0.2) is 44.2 Å². The van der Waals surface area contributed by atoms with Crippen molar-refractivity contribution >= 4 is 27.0 Å². The maximum absolute atomic E-state index is 12.3. The molecule has 0 radical (unpaired) electrons. The Hall–Kier alpha value is -0.980. The molecule has 21 heavy (non-hydrogen) atoms. The lowest BCUT2D eigenvalue weighted by Gasteiger charge is -2.16. The predicted molar refractivity (Wildman–Crippen MR) is 89.2 cm³/mol. The second-order valence-electron chi connectivity index (χ2n) is 5.94. The van der Waals surface area contributed by atoms with Crippen LogP contribution in [0, 0.1) is 11.8 Å². The predicted octanol–water partition coefficient (Wildman–Crippen LogP) is 1.68. The van der Waals surface area contributed by atoms with Crippen molar-refractivity contribution in [3.05, 3.63) is 29.8 Å². The first kappa shape index (κ1) is 16.4. The Labute approximate surface area is 132 Å². The van der Waals surface area contributed by atoms with Crippen LogP contribution in [0.25, 0.3) is 0 Å². The highest BCUT2D eigenvalue weighted by atomic mass is 32.2. The van der Waals surface area contributed by atoms with Crippen molar-refractivity contribution in [2.75, 3.05) is 25.9 Å². The molecule has 4 nitrogen and oxygen atoms in total. The summed E-state index contributed by atoms with van der Waals surface area (Å²) in [5, 5.41) is 0. The molecule has 6 heteroatoms. The molecule has 2 unspecified atom stereocenters. The smallest absolute Gasteiger partial charge is 0.179 e. The van der Waals surface area contributed by atoms with Crippen LogP contribution in [0.15, 0.2) is 29.2 Å². The molecule has 1 aromatic carbocycles. The molecular formula is C15H22N2O2S2. The van der Waals surface area contributed by atoms with Crippen molar-refractivity contribution in [3.63, 3.8) is 0 Å². The molecule has 1 aliphatic carbocycles. The summed E-state index contributed by atoms with van der Waals surface area (Å²) in [5.41, 5.74) is 6.19. The Bertz CT molecular complexity index is 611. The maximum atomic E-state index is 12.3. The zero-order valence-corrected chi connectivity index (χ0v) is 14.1. The SMILES string of the molecule is CC1CC1CN(C)CCS(=O)(=O)c1ccc(C(N)=S)cc1. The summed E-state index contributed by atoms with van der Waals surface area (Å²) < 4.78 is 24.6. The molecule has 0 saturated heterocycles. The van der Waals surface area contributed by atoms with Gasteiger partial charge in [0.1, 0.15) is 4.99 Å². The number of sulfone groups is 1. The number of benzene rings is 1. The van der Waals surface area contributed by atoms with Crippen molar-refractivity contribution in [3.8, 4) is 0 Å². The number of nitrogens with two attached hydrogens (primary N) is 1. The summed E-state index contributed by atoms with van der Waals surface area (Å²) in [6.45, 7) is 3.78. The standard InChI is InChI=1S/C15H22N2O2S2/c1-11-9-13(11)10-17(2)7-8-21(18,19)14-5-3-12(4-6-14)15(16)20/h3-6,11,13H,7-10H2,1-2H3,(H2,16,20). The minimum atomic E-state index is -3.25. The largest absolute Gasteiger partial charge is 0.389 e. The topological polar surface area (TPSA) is 63.4 Å². The second-order valence-corrected chi connectivity index (χ2v) is 8.49. The highest BCUT2D eigenvalue weighted by Gasteiger charge is 2.33. The van der Waals surface area contributed by atoms with Gasteiger partial charge in [0, 0.05) is 18.7 Å². The number of hydrogen-bond donors (Lipinski definition) is 1. The molecule has 1 saturated carbocycles. The van der Waals surface area contributed by atoms with Gasteiger partial charge in [0.2, 0.25) is 0 Å². The quantitative estimate of drug-likeness (QED) is 0.773. The van der Waals surface area contributed by atoms with Gasteiger partial charge in [-0.15, -0.1) is 0 Å². The Morgan fingerprint density at radius 2 is 1.95 bits per heavy atom. The first-order valence-corrected chi connectivity index (χ1v) is 9.17. The van der Waals surface area contributed by atoms with E-state index in [4.69, 9.17) is 18.0 Å². The first-order chi connectivity index (χ1) is 9.79. The Morgan fingerprint density at radius 3 is 2.43 bits per heavy atom. The lowest BCUT2D eigenvalue weighted by Crippen LogP contribution is -2.28. The van der Waals surface area contributed by atoms with Crippen LogP contribution in [0.3, 0.4) is 0 Å². The van der Waals surface area contributed by atoms with E-state index in [9.17, 15) is 8.42 Å². The molecule has 0 spiro atoms. The van der Waals surface area contributed by atoms with Gasteiger partial charge < -0.3 is 10.6 Å². The molecular weight excluding hydrogens is 304 g/mol. The average molecular weight is 326 g/mol. The van der Waals surface area contributed by atoms with Crippen LogP contribution in [0.2, 0.25) is 0 Å². The summed E-state index contributed by atoms with van der Waals surface area (Å²) in [6, 6.07) is 6.47. The molecule has 0 aromatic heterocycles. The molecule has 0 aliphatic heterocycles. The lowest BCUT2D eigenvalue weighted by molar-refractivity contribution is 0.332. The van der Waals surface area contributed by atoms with Gasteiger partial charge in [-0.1, -0.05) is 31.3 Å². The van der Waals surface area contributed by atoms with Crippen LogP contribution in [0.4, 0.5) is 0 Å². The third-order valence-electron chi connectivity index (χ3n) is 4.06. The molecule has 1 aliphatic rings. The van der Waals surface area contributed by atoms with Crippen molar-refractivity contribution in [1.29, 1.82) is 0 Å². The van der Waals surface area contributed by atoms with Gasteiger partial charge in [-0.2, -0.15) is 0 Å². The lowest BCUT2D eigenvalue weighted by atomic mass is 10.2. The van der Waals surface area contributed by atoms with E-state index in [-0.39, 0.29) is 10.7 Å². The van der Waals surface area contributed by atoms with Gasteiger partial charge in [0.25, 0.3) is 0 Å². The van der Waals surface area contributed by atoms with Crippen LogP contribution in [0.1, 0.15) is 18.9 Å². The van der Waals surface area contributed by atoms with Crippen LogP contribution in [0.5, 0.6) is 0 Å². The van der Waals surface area contributed by atoms with E-state index in [1.54, 1.807) is 24.3 Å². The second kappa shape index (κ2) is 6.42. The first-order valence-electron chi connectivity index (χ1n) is 7.11. The molecule has 2 N–H and O–H groups in total. The molecule has 1 aromatic rings. The Morgan fingerprint density at radius 1 is 1.38 bits per heavy atom. The average Bonchev–Trinajstić information content (AvgIpc) is 3.12. The van der Waals surface area contributed by atoms with Crippen LogP contribution < -0.4 is 5.73 Å². The molecule has 1 fully saturated rings. The van der Waals surface area contributed by atoms with Crippen molar-refractivity contribution in [2.24, 2.45) is 17.6 Å². The fraction of sp³-hybridized carbons (Fsp3) is 0.533. The summed E-state index contributed by atoms with van der Waals surface area (Å²) in [5.74, 6) is 1.66. The zero-order valence-electron chi connectivity index (χ0n) is 12.5. The van der Waals surface area contributed by atoms with E-state index < -0.39 is 9.84 Å². The minimum absolute atomic E-state index is 0.136. The molecule has 2 rings (SSSR count). The van der Waals surface area contributed by atoms with Gasteiger partial charge in [-0.05, 0) is 37.4 Å². The molecule has 0 heterocycles. The van der Waals surface area contributed by atoms with Gasteiger partial charge in [-0.25, -0.2) is 8.42 Å². The highest BCUT2D eigenvalue weighted by Crippen LogP contribution is 2.37. The normalized spacial score (nSPS) is 21.5. The fourth-order valence-electron chi connectivity index (χ4n) is 2.37. The number of rotatable bonds is 7. The third-order valence-corrected chi connectivity index (χ3v) is 6.01. The third kappa shape index (κ3) is 4.49. The van der Waals surface area contributed by atoms with Crippen molar-refractivity contribution in [2.45, 2.75) is 18.2 Å². The Balaban J connectivity index is 1.92. The molecule has 2 atom stereocenters. The van der Waals surface area contributed by atoms with Crippen LogP contribution in [-0.2, 0) is 9.84 Å². The van der Waals surface area contributed by atoms with Gasteiger partial charge in [0.05, 0.1) is 10.6 Å². The minimum Gasteiger partial charge on any atom is -0.389 e. The monoisotopic (exact) mass is 326 g/mol. The highest BCUT2D eigenvalue weighted by molar-refractivity contribution is 7.91. The van der Waals surface area contributed by atoms with E-state index in [1.165, 1.54) is 6.42 Å². The van der Waals surface area contributed by atoms with E-state index in [2.05, 4.69) is 11.8 Å². The van der Waals surface area contributed by atoms with Crippen molar-refractivity contribution in [1.82, 2.24) is 4.90 Å². The number of hydrogen-bond acceptors (Lipinski definition) is 4. The van der Waals surface area contributed by atoms with Gasteiger partial charge in [-0.3, -0.25) is 0 Å². The zero-order chi connectivity index (χ0) is 15.6. The molecule has 0 bridgehead atoms. The number of thiocarbonyl (C=S) groups is 1. The fourth-order valence-corrected chi connectivity index (χ4v) is 3.84. The summed E-state index contributed by atoms with van der Waals surface area (Å²) >= 11 is 4.86. The van der Waals surface area contributed by atoms with Gasteiger partial charge in [0.15, 0.2) is 9.84 Å². The molecule has 0 amide bonds. The summed E-state index contributed by atoms with van der Waals surface area (Å²) in [6.07, 6.45) is 1.26. The van der Waals surface area contributed by atoms with E-state index in [0.29, 0.717) is 17.0 Å². The maximum Gasteiger partial charge on any atom is 0.179 e. The summed E-state index contributed by atoms with van der Waals surface area (Å²) in [7, 11) is -1.27. The Kier molecular flexibility index (Phi) is 5.01. The molecule has 116 valence electrons. The summed E-state index contributed by atoms with van der Waals surface area (Å²) in [4.78, 5) is 2.71. The van der Waals surface area contributed by atoms with E-state index in [0.717, 1.165) is 18.4 Å². The van der Waals surface area contributed by atoms with Crippen molar-refractivity contribution < 1.29 is 8.42 Å².